The predicted molar refractivity (Wildman–Crippen MR) is 90.5 cm³/mol. The van der Waals surface area contributed by atoms with Crippen molar-refractivity contribution in [2.45, 2.75) is 44.6 Å². The SMILES string of the molecule is CCCC(=O)OC1=C(C(=O)OC)N(C(C)C)S(=O)(=O)c2ccccc21. The summed E-state index contributed by atoms with van der Waals surface area (Å²) < 4.78 is 37.1. The first-order chi connectivity index (χ1) is 11.8. The number of fused-ring (bicyclic) bond motifs is 1. The molecule has 0 bridgehead atoms. The summed E-state index contributed by atoms with van der Waals surface area (Å²) in [6, 6.07) is 5.53. The lowest BCUT2D eigenvalue weighted by Crippen LogP contribution is -2.43. The summed E-state index contributed by atoms with van der Waals surface area (Å²) in [6.07, 6.45) is 0.710. The van der Waals surface area contributed by atoms with E-state index >= 15 is 0 Å². The zero-order valence-electron chi connectivity index (χ0n) is 14.6. The van der Waals surface area contributed by atoms with Crippen LogP contribution in [0.3, 0.4) is 0 Å². The van der Waals surface area contributed by atoms with E-state index in [1.165, 1.54) is 12.1 Å². The van der Waals surface area contributed by atoms with Crippen molar-refractivity contribution in [3.8, 4) is 0 Å². The lowest BCUT2D eigenvalue weighted by Gasteiger charge is -2.34. The summed E-state index contributed by atoms with van der Waals surface area (Å²) in [5.41, 5.74) is -0.120. The van der Waals surface area contributed by atoms with Crippen LogP contribution in [0.4, 0.5) is 0 Å². The summed E-state index contributed by atoms with van der Waals surface area (Å²) in [4.78, 5) is 24.4. The second kappa shape index (κ2) is 7.26. The minimum absolute atomic E-state index is 0.0179. The van der Waals surface area contributed by atoms with Gasteiger partial charge in [0.25, 0.3) is 10.0 Å². The fourth-order valence-electron chi connectivity index (χ4n) is 2.62. The molecule has 2 rings (SSSR count). The van der Waals surface area contributed by atoms with Crippen LogP contribution in [-0.4, -0.2) is 37.8 Å². The minimum Gasteiger partial charge on any atom is -0.464 e. The van der Waals surface area contributed by atoms with E-state index in [4.69, 9.17) is 9.47 Å². The van der Waals surface area contributed by atoms with Crippen molar-refractivity contribution in [2.24, 2.45) is 0 Å². The average molecular weight is 367 g/mol. The second-order valence-corrected chi connectivity index (χ2v) is 7.57. The van der Waals surface area contributed by atoms with E-state index < -0.39 is 28.0 Å². The van der Waals surface area contributed by atoms with Crippen LogP contribution in [0.2, 0.25) is 0 Å². The molecule has 0 aromatic heterocycles. The molecule has 0 fully saturated rings. The van der Waals surface area contributed by atoms with E-state index in [0.29, 0.717) is 6.42 Å². The van der Waals surface area contributed by atoms with Gasteiger partial charge in [-0.15, -0.1) is 0 Å². The molecule has 1 heterocycles. The molecular weight excluding hydrogens is 346 g/mol. The quantitative estimate of drug-likeness (QED) is 0.742. The van der Waals surface area contributed by atoms with Crippen LogP contribution in [-0.2, 0) is 29.1 Å². The number of esters is 2. The van der Waals surface area contributed by atoms with Crippen LogP contribution in [0.25, 0.3) is 5.76 Å². The van der Waals surface area contributed by atoms with Crippen molar-refractivity contribution in [3.63, 3.8) is 0 Å². The second-order valence-electron chi connectivity index (χ2n) is 5.78. The number of hydrogen-bond acceptors (Lipinski definition) is 6. The highest BCUT2D eigenvalue weighted by Crippen LogP contribution is 2.39. The highest BCUT2D eigenvalue weighted by atomic mass is 32.2. The monoisotopic (exact) mass is 367 g/mol. The molecule has 0 atom stereocenters. The number of nitrogens with zero attached hydrogens (tertiary/aromatic N) is 1. The Morgan fingerprint density at radius 3 is 2.40 bits per heavy atom. The van der Waals surface area contributed by atoms with Crippen molar-refractivity contribution in [1.82, 2.24) is 4.31 Å². The zero-order valence-corrected chi connectivity index (χ0v) is 15.4. The Morgan fingerprint density at radius 1 is 1.20 bits per heavy atom. The molecule has 0 unspecified atom stereocenters. The topological polar surface area (TPSA) is 90.0 Å². The highest BCUT2D eigenvalue weighted by molar-refractivity contribution is 7.89. The van der Waals surface area contributed by atoms with Gasteiger partial charge in [-0.2, -0.15) is 0 Å². The van der Waals surface area contributed by atoms with Crippen LogP contribution in [0.5, 0.6) is 0 Å². The molecule has 0 spiro atoms. The van der Waals surface area contributed by atoms with Gasteiger partial charge in [-0.3, -0.25) is 9.10 Å². The molecule has 25 heavy (non-hydrogen) atoms. The normalized spacial score (nSPS) is 15.8. The maximum atomic E-state index is 13.0. The maximum absolute atomic E-state index is 13.0. The van der Waals surface area contributed by atoms with Gasteiger partial charge in [0.1, 0.15) is 0 Å². The molecule has 136 valence electrons. The van der Waals surface area contributed by atoms with E-state index in [1.807, 2.05) is 6.92 Å². The first-order valence-corrected chi connectivity index (χ1v) is 9.36. The Balaban J connectivity index is 2.80. The number of ether oxygens (including phenoxy) is 2. The standard InChI is InChI=1S/C17H21NO6S/c1-5-8-14(19)24-16-12-9-6-7-10-13(12)25(21,22)18(11(2)3)15(16)17(20)23-4/h6-7,9-11H,5,8H2,1-4H3. The smallest absolute Gasteiger partial charge is 0.359 e. The van der Waals surface area contributed by atoms with Crippen molar-refractivity contribution >= 4 is 27.7 Å². The lowest BCUT2D eigenvalue weighted by molar-refractivity contribution is -0.138. The Morgan fingerprint density at radius 2 is 1.84 bits per heavy atom. The van der Waals surface area contributed by atoms with E-state index in [2.05, 4.69) is 0 Å². The summed E-state index contributed by atoms with van der Waals surface area (Å²) in [5.74, 6) is -1.52. The van der Waals surface area contributed by atoms with Crippen LogP contribution in [0, 0.1) is 0 Å². The predicted octanol–water partition coefficient (Wildman–Crippen LogP) is 2.28. The molecule has 0 radical (unpaired) electrons. The number of methoxy groups -OCH3 is 1. The van der Waals surface area contributed by atoms with Gasteiger partial charge in [0.15, 0.2) is 11.5 Å². The third-order valence-electron chi connectivity index (χ3n) is 3.62. The van der Waals surface area contributed by atoms with Gasteiger partial charge < -0.3 is 9.47 Å². The zero-order chi connectivity index (χ0) is 18.8. The molecule has 1 aromatic carbocycles. The molecule has 0 N–H and O–H groups in total. The summed E-state index contributed by atoms with van der Waals surface area (Å²) in [6.45, 7) is 5.07. The van der Waals surface area contributed by atoms with Crippen molar-refractivity contribution in [2.75, 3.05) is 7.11 Å². The van der Waals surface area contributed by atoms with Gasteiger partial charge in [0, 0.05) is 18.0 Å². The third-order valence-corrected chi connectivity index (χ3v) is 5.66. The number of rotatable bonds is 5. The molecule has 7 nitrogen and oxygen atoms in total. The van der Waals surface area contributed by atoms with Crippen LogP contribution >= 0.6 is 0 Å². The number of benzene rings is 1. The van der Waals surface area contributed by atoms with Crippen molar-refractivity contribution in [3.05, 3.63) is 35.5 Å². The van der Waals surface area contributed by atoms with Crippen molar-refractivity contribution in [1.29, 1.82) is 0 Å². The van der Waals surface area contributed by atoms with E-state index in [9.17, 15) is 18.0 Å². The third kappa shape index (κ3) is 3.39. The Kier molecular flexibility index (Phi) is 5.52. The Labute approximate surface area is 147 Å². The molecule has 1 aromatic rings. The molecule has 8 heteroatoms. The fraction of sp³-hybridized carbons (Fsp3) is 0.412. The largest absolute Gasteiger partial charge is 0.464 e. The molecular formula is C17H21NO6S. The number of sulfonamides is 1. The first-order valence-electron chi connectivity index (χ1n) is 7.92. The minimum atomic E-state index is -3.98. The molecule has 0 saturated heterocycles. The Hall–Kier alpha value is -2.35. The molecule has 1 aliphatic rings. The maximum Gasteiger partial charge on any atom is 0.359 e. The number of carbonyl (C=O) groups is 2. The van der Waals surface area contributed by atoms with E-state index in [1.54, 1.807) is 26.0 Å². The van der Waals surface area contributed by atoms with Crippen LogP contribution in [0.1, 0.15) is 39.2 Å². The highest BCUT2D eigenvalue weighted by Gasteiger charge is 2.43. The molecule has 0 saturated carbocycles. The number of hydrogen-bond donors (Lipinski definition) is 0. The average Bonchev–Trinajstić information content (AvgIpc) is 2.56. The van der Waals surface area contributed by atoms with Gasteiger partial charge in [0.05, 0.1) is 12.0 Å². The molecule has 1 aliphatic heterocycles. The van der Waals surface area contributed by atoms with Gasteiger partial charge >= 0.3 is 11.9 Å². The van der Waals surface area contributed by atoms with E-state index in [0.717, 1.165) is 11.4 Å². The fourth-order valence-corrected chi connectivity index (χ4v) is 4.47. The van der Waals surface area contributed by atoms with Gasteiger partial charge in [-0.1, -0.05) is 19.1 Å². The van der Waals surface area contributed by atoms with Crippen molar-refractivity contribution < 1.29 is 27.5 Å². The van der Waals surface area contributed by atoms with Gasteiger partial charge in [0.2, 0.25) is 0 Å². The lowest BCUT2D eigenvalue weighted by atomic mass is 10.1. The van der Waals surface area contributed by atoms with Gasteiger partial charge in [-0.25, -0.2) is 13.2 Å². The summed E-state index contributed by atoms with van der Waals surface area (Å²) in [7, 11) is -2.84. The summed E-state index contributed by atoms with van der Waals surface area (Å²) in [5, 5.41) is 0. The van der Waals surface area contributed by atoms with Crippen LogP contribution in [0.15, 0.2) is 34.9 Å². The number of carbonyl (C=O) groups excluding carboxylic acids is 2. The summed E-state index contributed by atoms with van der Waals surface area (Å²) >= 11 is 0. The van der Waals surface area contributed by atoms with E-state index in [-0.39, 0.29) is 28.3 Å². The first kappa shape index (κ1) is 19.0. The van der Waals surface area contributed by atoms with Gasteiger partial charge in [-0.05, 0) is 32.4 Å². The molecule has 0 amide bonds. The molecule has 0 aliphatic carbocycles. The Bertz CT molecular complexity index is 825. The van der Waals surface area contributed by atoms with Crippen LogP contribution < -0.4 is 0 Å².